The van der Waals surface area contributed by atoms with Crippen molar-refractivity contribution < 1.29 is 0 Å². The first-order chi connectivity index (χ1) is 8.65. The van der Waals surface area contributed by atoms with Crippen LogP contribution in [0.5, 0.6) is 0 Å². The number of aryl methyl sites for hydroxylation is 1. The fourth-order valence-corrected chi connectivity index (χ4v) is 2.52. The highest BCUT2D eigenvalue weighted by molar-refractivity contribution is 5.46. The van der Waals surface area contributed by atoms with Crippen molar-refractivity contribution in [1.29, 1.82) is 0 Å². The van der Waals surface area contributed by atoms with Crippen LogP contribution in [0.1, 0.15) is 32.4 Å². The third-order valence-electron chi connectivity index (χ3n) is 3.67. The van der Waals surface area contributed by atoms with Gasteiger partial charge in [-0.1, -0.05) is 13.8 Å². The Morgan fingerprint density at radius 3 is 2.72 bits per heavy atom. The van der Waals surface area contributed by atoms with E-state index >= 15 is 0 Å². The van der Waals surface area contributed by atoms with Gasteiger partial charge in [0.25, 0.3) is 0 Å². The molecule has 0 bridgehead atoms. The molecule has 0 unspecified atom stereocenters. The van der Waals surface area contributed by atoms with E-state index in [2.05, 4.69) is 48.1 Å². The van der Waals surface area contributed by atoms with Crippen LogP contribution in [-0.4, -0.2) is 30.7 Å². The first-order valence-electron chi connectivity index (χ1n) is 7.06. The van der Waals surface area contributed by atoms with Crippen molar-refractivity contribution in [3.63, 3.8) is 0 Å². The number of rotatable bonds is 4. The van der Waals surface area contributed by atoms with Crippen LogP contribution in [0.25, 0.3) is 0 Å². The van der Waals surface area contributed by atoms with Gasteiger partial charge in [-0.3, -0.25) is 4.98 Å². The number of anilines is 1. The number of piperidine rings is 1. The van der Waals surface area contributed by atoms with E-state index in [1.165, 1.54) is 38.2 Å². The zero-order chi connectivity index (χ0) is 13.0. The summed E-state index contributed by atoms with van der Waals surface area (Å²) in [4.78, 5) is 6.75. The number of nitrogens with one attached hydrogen (secondary N) is 1. The molecule has 18 heavy (non-hydrogen) atoms. The maximum atomic E-state index is 4.26. The Morgan fingerprint density at radius 2 is 2.11 bits per heavy atom. The van der Waals surface area contributed by atoms with Crippen molar-refractivity contribution in [3.8, 4) is 0 Å². The normalized spacial score (nSPS) is 17.4. The van der Waals surface area contributed by atoms with Crippen molar-refractivity contribution in [2.45, 2.75) is 39.7 Å². The molecule has 3 heteroatoms. The van der Waals surface area contributed by atoms with E-state index in [4.69, 9.17) is 0 Å². The molecule has 1 aliphatic heterocycles. The van der Waals surface area contributed by atoms with Crippen LogP contribution in [0.4, 0.5) is 5.69 Å². The first kappa shape index (κ1) is 13.3. The first-order valence-corrected chi connectivity index (χ1v) is 7.06. The molecule has 1 aromatic rings. The van der Waals surface area contributed by atoms with Gasteiger partial charge < -0.3 is 10.2 Å². The average molecular weight is 247 g/mol. The lowest BCUT2D eigenvalue weighted by Gasteiger charge is -2.34. The third kappa shape index (κ3) is 3.70. The number of hydrogen-bond acceptors (Lipinski definition) is 3. The van der Waals surface area contributed by atoms with Gasteiger partial charge in [0, 0.05) is 36.7 Å². The molecule has 1 fully saturated rings. The predicted molar refractivity (Wildman–Crippen MR) is 77.0 cm³/mol. The van der Waals surface area contributed by atoms with Gasteiger partial charge in [-0.25, -0.2) is 0 Å². The van der Waals surface area contributed by atoms with Crippen LogP contribution in [0.3, 0.4) is 0 Å². The standard InChI is InChI=1S/C15H25N3/c1-12(2)17-11-14-5-8-18(9-6-14)15-4-7-16-13(3)10-15/h4,7,10,12,14,17H,5-6,8-9,11H2,1-3H3. The average Bonchev–Trinajstić information content (AvgIpc) is 2.37. The largest absolute Gasteiger partial charge is 0.371 e. The molecule has 0 saturated carbocycles. The number of aromatic nitrogens is 1. The van der Waals surface area contributed by atoms with Crippen LogP contribution >= 0.6 is 0 Å². The Labute approximate surface area is 111 Å². The second-order valence-electron chi connectivity index (χ2n) is 5.65. The van der Waals surface area contributed by atoms with Crippen molar-refractivity contribution in [1.82, 2.24) is 10.3 Å². The van der Waals surface area contributed by atoms with Crippen LogP contribution in [-0.2, 0) is 0 Å². The van der Waals surface area contributed by atoms with Crippen LogP contribution in [0, 0.1) is 12.8 Å². The summed E-state index contributed by atoms with van der Waals surface area (Å²) in [7, 11) is 0. The number of hydrogen-bond donors (Lipinski definition) is 1. The Balaban J connectivity index is 1.83. The Bertz CT molecular complexity index is 368. The third-order valence-corrected chi connectivity index (χ3v) is 3.67. The molecule has 1 N–H and O–H groups in total. The summed E-state index contributed by atoms with van der Waals surface area (Å²) in [6.07, 6.45) is 4.50. The quantitative estimate of drug-likeness (QED) is 0.886. The number of nitrogens with zero attached hydrogens (tertiary/aromatic N) is 2. The second-order valence-corrected chi connectivity index (χ2v) is 5.65. The van der Waals surface area contributed by atoms with Gasteiger partial charge in [-0.05, 0) is 44.4 Å². The van der Waals surface area contributed by atoms with Gasteiger partial charge >= 0.3 is 0 Å². The topological polar surface area (TPSA) is 28.2 Å². The molecule has 100 valence electrons. The summed E-state index contributed by atoms with van der Waals surface area (Å²) in [6.45, 7) is 10.0. The zero-order valence-corrected chi connectivity index (χ0v) is 11.8. The maximum Gasteiger partial charge on any atom is 0.0399 e. The van der Waals surface area contributed by atoms with Gasteiger partial charge in [0.1, 0.15) is 0 Å². The minimum Gasteiger partial charge on any atom is -0.371 e. The molecular weight excluding hydrogens is 222 g/mol. The van der Waals surface area contributed by atoms with E-state index in [0.29, 0.717) is 6.04 Å². The van der Waals surface area contributed by atoms with E-state index in [1.54, 1.807) is 0 Å². The van der Waals surface area contributed by atoms with E-state index in [0.717, 1.165) is 11.6 Å². The maximum absolute atomic E-state index is 4.26. The monoisotopic (exact) mass is 247 g/mol. The van der Waals surface area contributed by atoms with Crippen LogP contribution in [0.15, 0.2) is 18.3 Å². The summed E-state index contributed by atoms with van der Waals surface area (Å²) >= 11 is 0. The zero-order valence-electron chi connectivity index (χ0n) is 11.8. The minimum absolute atomic E-state index is 0.603. The molecule has 0 spiro atoms. The Morgan fingerprint density at radius 1 is 1.39 bits per heavy atom. The SMILES string of the molecule is Cc1cc(N2CCC(CNC(C)C)CC2)ccn1. The lowest BCUT2D eigenvalue weighted by atomic mass is 9.96. The molecular formula is C15H25N3. The van der Waals surface area contributed by atoms with Gasteiger partial charge in [-0.2, -0.15) is 0 Å². The Hall–Kier alpha value is -1.09. The van der Waals surface area contributed by atoms with Gasteiger partial charge in [0.15, 0.2) is 0 Å². The molecule has 1 aromatic heterocycles. The summed E-state index contributed by atoms with van der Waals surface area (Å²) in [5.74, 6) is 0.839. The van der Waals surface area contributed by atoms with E-state index in [9.17, 15) is 0 Å². The number of pyridine rings is 1. The molecule has 1 saturated heterocycles. The predicted octanol–water partition coefficient (Wildman–Crippen LogP) is 2.60. The van der Waals surface area contributed by atoms with Crippen LogP contribution in [0.2, 0.25) is 0 Å². The van der Waals surface area contributed by atoms with Crippen molar-refractivity contribution >= 4 is 5.69 Å². The second kappa shape index (κ2) is 6.19. The van der Waals surface area contributed by atoms with E-state index in [-0.39, 0.29) is 0 Å². The minimum atomic E-state index is 0.603. The van der Waals surface area contributed by atoms with Crippen molar-refractivity contribution in [3.05, 3.63) is 24.0 Å². The highest BCUT2D eigenvalue weighted by atomic mass is 15.1. The molecule has 1 aliphatic rings. The fourth-order valence-electron chi connectivity index (χ4n) is 2.52. The van der Waals surface area contributed by atoms with E-state index < -0.39 is 0 Å². The molecule has 0 aromatic carbocycles. The highest BCUT2D eigenvalue weighted by Crippen LogP contribution is 2.22. The lowest BCUT2D eigenvalue weighted by Crippen LogP contribution is -2.38. The summed E-state index contributed by atoms with van der Waals surface area (Å²) in [6, 6.07) is 4.91. The van der Waals surface area contributed by atoms with Crippen molar-refractivity contribution in [2.75, 3.05) is 24.5 Å². The van der Waals surface area contributed by atoms with E-state index in [1.807, 2.05) is 6.20 Å². The van der Waals surface area contributed by atoms with Crippen LogP contribution < -0.4 is 10.2 Å². The lowest BCUT2D eigenvalue weighted by molar-refractivity contribution is 0.371. The summed E-state index contributed by atoms with van der Waals surface area (Å²) in [5.41, 5.74) is 2.44. The molecule has 0 atom stereocenters. The molecule has 2 heterocycles. The van der Waals surface area contributed by atoms with Gasteiger partial charge in [0.2, 0.25) is 0 Å². The molecule has 3 nitrogen and oxygen atoms in total. The molecule has 0 aliphatic carbocycles. The summed E-state index contributed by atoms with van der Waals surface area (Å²) in [5, 5.41) is 3.55. The smallest absolute Gasteiger partial charge is 0.0399 e. The molecule has 2 rings (SSSR count). The highest BCUT2D eigenvalue weighted by Gasteiger charge is 2.19. The van der Waals surface area contributed by atoms with Gasteiger partial charge in [-0.15, -0.1) is 0 Å². The van der Waals surface area contributed by atoms with Gasteiger partial charge in [0.05, 0.1) is 0 Å². The molecule has 0 radical (unpaired) electrons. The van der Waals surface area contributed by atoms with Crippen molar-refractivity contribution in [2.24, 2.45) is 5.92 Å². The summed E-state index contributed by atoms with van der Waals surface area (Å²) < 4.78 is 0. The molecule has 0 amide bonds. The Kier molecular flexibility index (Phi) is 4.59. The fraction of sp³-hybridized carbons (Fsp3) is 0.667.